The molecule has 0 unspecified atom stereocenters. The lowest BCUT2D eigenvalue weighted by molar-refractivity contribution is 0.0882. The van der Waals surface area contributed by atoms with Crippen molar-refractivity contribution >= 4 is 16.8 Å². The molecule has 0 atom stereocenters. The Morgan fingerprint density at radius 2 is 2.12 bits per heavy atom. The van der Waals surface area contributed by atoms with Crippen LogP contribution in [0.2, 0.25) is 0 Å². The van der Waals surface area contributed by atoms with Gasteiger partial charge in [0.2, 0.25) is 0 Å². The predicted octanol–water partition coefficient (Wildman–Crippen LogP) is 1.75. The molecule has 0 fully saturated rings. The van der Waals surface area contributed by atoms with E-state index in [1.807, 2.05) is 24.3 Å². The summed E-state index contributed by atoms with van der Waals surface area (Å²) in [5.41, 5.74) is 7.23. The van der Waals surface area contributed by atoms with Crippen molar-refractivity contribution in [2.45, 2.75) is 6.42 Å². The second-order valence-corrected chi connectivity index (χ2v) is 3.61. The van der Waals surface area contributed by atoms with Crippen LogP contribution in [-0.2, 0) is 6.42 Å². The van der Waals surface area contributed by atoms with Gasteiger partial charge in [0.05, 0.1) is 5.52 Å². The number of fused-ring (bicyclic) bond motifs is 1. The average molecular weight is 220 g/mol. The zero-order chi connectivity index (χ0) is 11.5. The lowest BCUT2D eigenvalue weighted by atomic mass is 10.1. The van der Waals surface area contributed by atoms with Gasteiger partial charge in [-0.25, -0.2) is 4.39 Å². The zero-order valence-corrected chi connectivity index (χ0v) is 8.82. The van der Waals surface area contributed by atoms with E-state index in [0.717, 1.165) is 16.5 Å². The van der Waals surface area contributed by atoms with Crippen molar-refractivity contribution in [3.8, 4) is 0 Å². The molecule has 0 radical (unpaired) electrons. The van der Waals surface area contributed by atoms with Gasteiger partial charge in [-0.15, -0.1) is 0 Å². The predicted molar refractivity (Wildman–Crippen MR) is 61.3 cm³/mol. The molecule has 2 N–H and O–H groups in total. The van der Waals surface area contributed by atoms with Gasteiger partial charge in [0.25, 0.3) is 5.91 Å². The minimum Gasteiger partial charge on any atom is -0.330 e. The van der Waals surface area contributed by atoms with Crippen molar-refractivity contribution in [2.24, 2.45) is 5.73 Å². The molecule has 0 aliphatic rings. The number of nitrogens with zero attached hydrogens (tertiary/aromatic N) is 1. The second kappa shape index (κ2) is 4.45. The van der Waals surface area contributed by atoms with Crippen LogP contribution in [0.4, 0.5) is 4.39 Å². The maximum absolute atomic E-state index is 12.4. The molecule has 0 amide bonds. The number of aromatic nitrogens is 1. The highest BCUT2D eigenvalue weighted by Gasteiger charge is 2.12. The van der Waals surface area contributed by atoms with Gasteiger partial charge in [0.15, 0.2) is 6.67 Å². The van der Waals surface area contributed by atoms with Crippen molar-refractivity contribution in [3.63, 3.8) is 0 Å². The van der Waals surface area contributed by atoms with Gasteiger partial charge in [-0.1, -0.05) is 18.2 Å². The van der Waals surface area contributed by atoms with Crippen LogP contribution in [0.15, 0.2) is 30.5 Å². The molecule has 0 aliphatic heterocycles. The Morgan fingerprint density at radius 3 is 2.81 bits per heavy atom. The summed E-state index contributed by atoms with van der Waals surface area (Å²) >= 11 is 0. The number of benzene rings is 1. The Labute approximate surface area is 92.7 Å². The third kappa shape index (κ3) is 1.72. The topological polar surface area (TPSA) is 48.0 Å². The number of alkyl halides is 1. The molecular weight excluding hydrogens is 207 g/mol. The van der Waals surface area contributed by atoms with E-state index in [0.29, 0.717) is 13.0 Å². The Bertz CT molecular complexity index is 519. The Balaban J connectivity index is 2.61. The smallest absolute Gasteiger partial charge is 0.262 e. The number of hydrogen-bond donors (Lipinski definition) is 1. The van der Waals surface area contributed by atoms with E-state index >= 15 is 0 Å². The second-order valence-electron chi connectivity index (χ2n) is 3.61. The van der Waals surface area contributed by atoms with Gasteiger partial charge >= 0.3 is 0 Å². The molecule has 2 aromatic rings. The number of para-hydroxylation sites is 1. The third-order valence-electron chi connectivity index (χ3n) is 2.59. The Hall–Kier alpha value is -1.68. The molecule has 1 heterocycles. The zero-order valence-electron chi connectivity index (χ0n) is 8.82. The summed E-state index contributed by atoms with van der Waals surface area (Å²) in [7, 11) is 0. The summed E-state index contributed by atoms with van der Waals surface area (Å²) in [4.78, 5) is 11.4. The highest BCUT2D eigenvalue weighted by Crippen LogP contribution is 2.21. The van der Waals surface area contributed by atoms with Gasteiger partial charge in [-0.05, 0) is 24.6 Å². The molecule has 16 heavy (non-hydrogen) atoms. The highest BCUT2D eigenvalue weighted by molar-refractivity contribution is 5.94. The van der Waals surface area contributed by atoms with Crippen LogP contribution in [0.5, 0.6) is 0 Å². The van der Waals surface area contributed by atoms with Gasteiger partial charge < -0.3 is 5.73 Å². The van der Waals surface area contributed by atoms with Gasteiger partial charge in [0, 0.05) is 11.6 Å². The van der Waals surface area contributed by atoms with E-state index in [1.165, 1.54) is 4.57 Å². The first-order valence-electron chi connectivity index (χ1n) is 5.16. The molecule has 1 aromatic carbocycles. The maximum Gasteiger partial charge on any atom is 0.262 e. The molecule has 4 heteroatoms. The van der Waals surface area contributed by atoms with Crippen molar-refractivity contribution < 1.29 is 9.18 Å². The van der Waals surface area contributed by atoms with Crippen LogP contribution in [-0.4, -0.2) is 23.7 Å². The normalized spacial score (nSPS) is 10.9. The number of hydrogen-bond acceptors (Lipinski definition) is 2. The van der Waals surface area contributed by atoms with E-state index in [9.17, 15) is 9.18 Å². The minimum atomic E-state index is -0.985. The molecule has 0 saturated carbocycles. The quantitative estimate of drug-likeness (QED) is 0.856. The number of carbonyl (C=O) groups is 1. The summed E-state index contributed by atoms with van der Waals surface area (Å²) < 4.78 is 13.8. The fraction of sp³-hybridized carbons (Fsp3) is 0.250. The molecule has 0 aliphatic carbocycles. The van der Waals surface area contributed by atoms with E-state index in [-0.39, 0.29) is 0 Å². The summed E-state index contributed by atoms with van der Waals surface area (Å²) in [6, 6.07) is 7.45. The highest BCUT2D eigenvalue weighted by atomic mass is 19.1. The largest absolute Gasteiger partial charge is 0.330 e. The Morgan fingerprint density at radius 1 is 1.38 bits per heavy atom. The number of nitrogens with two attached hydrogens (primary N) is 1. The van der Waals surface area contributed by atoms with E-state index in [2.05, 4.69) is 0 Å². The van der Waals surface area contributed by atoms with Gasteiger partial charge in [-0.2, -0.15) is 0 Å². The first-order valence-corrected chi connectivity index (χ1v) is 5.16. The SMILES string of the molecule is NCCc1cn(C(=O)CF)c2ccccc12. The van der Waals surface area contributed by atoms with Crippen LogP contribution in [0, 0.1) is 0 Å². The standard InChI is InChI=1S/C12H13FN2O/c13-7-12(16)15-8-9(5-6-14)10-3-1-2-4-11(10)15/h1-4,8H,5-7,14H2. The fourth-order valence-corrected chi connectivity index (χ4v) is 1.88. The van der Waals surface area contributed by atoms with Crippen molar-refractivity contribution in [1.82, 2.24) is 4.57 Å². The summed E-state index contributed by atoms with van der Waals surface area (Å²) in [6.45, 7) is -0.474. The summed E-state index contributed by atoms with van der Waals surface area (Å²) in [5.74, 6) is -0.542. The lowest BCUT2D eigenvalue weighted by Gasteiger charge is -1.98. The van der Waals surface area contributed by atoms with Gasteiger partial charge in [-0.3, -0.25) is 9.36 Å². The third-order valence-corrected chi connectivity index (χ3v) is 2.59. The molecule has 1 aromatic heterocycles. The lowest BCUT2D eigenvalue weighted by Crippen LogP contribution is -2.10. The van der Waals surface area contributed by atoms with Gasteiger partial charge in [0.1, 0.15) is 0 Å². The van der Waals surface area contributed by atoms with E-state index < -0.39 is 12.6 Å². The van der Waals surface area contributed by atoms with Crippen LogP contribution in [0.1, 0.15) is 10.4 Å². The van der Waals surface area contributed by atoms with Crippen LogP contribution < -0.4 is 5.73 Å². The molecule has 2 rings (SSSR count). The van der Waals surface area contributed by atoms with Crippen molar-refractivity contribution in [3.05, 3.63) is 36.0 Å². The summed E-state index contributed by atoms with van der Waals surface area (Å²) in [5, 5.41) is 0.967. The van der Waals surface area contributed by atoms with Crippen molar-refractivity contribution in [1.29, 1.82) is 0 Å². The molecule has 0 saturated heterocycles. The molecule has 0 bridgehead atoms. The summed E-state index contributed by atoms with van der Waals surface area (Å²) in [6.07, 6.45) is 2.37. The number of rotatable bonds is 3. The first-order chi connectivity index (χ1) is 7.77. The fourth-order valence-electron chi connectivity index (χ4n) is 1.88. The van der Waals surface area contributed by atoms with Crippen LogP contribution in [0.25, 0.3) is 10.9 Å². The molecule has 0 spiro atoms. The Kier molecular flexibility index (Phi) is 3.01. The van der Waals surface area contributed by atoms with E-state index in [1.54, 1.807) is 6.20 Å². The van der Waals surface area contributed by atoms with Crippen LogP contribution in [0.3, 0.4) is 0 Å². The molecule has 3 nitrogen and oxygen atoms in total. The van der Waals surface area contributed by atoms with E-state index in [4.69, 9.17) is 5.73 Å². The maximum atomic E-state index is 12.4. The monoisotopic (exact) mass is 220 g/mol. The number of halogens is 1. The van der Waals surface area contributed by atoms with Crippen LogP contribution >= 0.6 is 0 Å². The average Bonchev–Trinajstić information content (AvgIpc) is 2.68. The first kappa shape index (κ1) is 10.8. The van der Waals surface area contributed by atoms with Crippen molar-refractivity contribution in [2.75, 3.05) is 13.2 Å². The molecular formula is C12H13FN2O. The minimum absolute atomic E-state index is 0.512. The number of carbonyl (C=O) groups excluding carboxylic acids is 1. The molecule has 84 valence electrons.